The molecule has 2 aliphatic heterocycles. The largest absolute Gasteiger partial charge is 0.379 e. The highest BCUT2D eigenvalue weighted by Crippen LogP contribution is 2.33. The van der Waals surface area contributed by atoms with Crippen molar-refractivity contribution in [1.82, 2.24) is 19.6 Å². The molecule has 0 bridgehead atoms. The third-order valence-electron chi connectivity index (χ3n) is 4.52. The van der Waals surface area contributed by atoms with E-state index in [0.717, 1.165) is 26.3 Å². The number of hydrogen-bond acceptors (Lipinski definition) is 5. The fourth-order valence-corrected chi connectivity index (χ4v) is 3.25. The fraction of sp³-hybridized carbons (Fsp3) is 0.733. The lowest BCUT2D eigenvalue weighted by Crippen LogP contribution is -2.32. The third-order valence-corrected chi connectivity index (χ3v) is 4.52. The van der Waals surface area contributed by atoms with Crippen molar-refractivity contribution in [2.24, 2.45) is 13.0 Å². The van der Waals surface area contributed by atoms with Crippen LogP contribution in [0.4, 0.5) is 0 Å². The Labute approximate surface area is 130 Å². The van der Waals surface area contributed by atoms with Crippen molar-refractivity contribution in [3.8, 4) is 0 Å². The maximum absolute atomic E-state index is 11.7. The molecule has 1 amide bonds. The zero-order valence-corrected chi connectivity index (χ0v) is 13.4. The van der Waals surface area contributed by atoms with E-state index in [-0.39, 0.29) is 18.6 Å². The molecule has 0 radical (unpaired) electrons. The second-order valence-corrected chi connectivity index (χ2v) is 6.36. The van der Waals surface area contributed by atoms with E-state index in [0.29, 0.717) is 12.0 Å². The Bertz CT molecular complexity index is 531. The van der Waals surface area contributed by atoms with Gasteiger partial charge in [0.1, 0.15) is 6.61 Å². The number of aromatic nitrogens is 2. The van der Waals surface area contributed by atoms with Crippen molar-refractivity contribution in [1.29, 1.82) is 0 Å². The first-order valence-corrected chi connectivity index (χ1v) is 7.65. The third kappa shape index (κ3) is 3.16. The van der Waals surface area contributed by atoms with E-state index in [1.54, 1.807) is 19.0 Å². The summed E-state index contributed by atoms with van der Waals surface area (Å²) in [4.78, 5) is 15.7. The molecule has 22 heavy (non-hydrogen) atoms. The summed E-state index contributed by atoms with van der Waals surface area (Å²) < 4.78 is 13.3. The van der Waals surface area contributed by atoms with E-state index in [4.69, 9.17) is 9.47 Å². The van der Waals surface area contributed by atoms with Crippen molar-refractivity contribution in [2.45, 2.75) is 18.7 Å². The van der Waals surface area contributed by atoms with Crippen molar-refractivity contribution >= 4 is 5.91 Å². The Morgan fingerprint density at radius 3 is 3.00 bits per heavy atom. The van der Waals surface area contributed by atoms with Crippen molar-refractivity contribution in [2.75, 3.05) is 40.5 Å². The molecule has 0 saturated carbocycles. The number of fused-ring (bicyclic) bond motifs is 1. The highest BCUT2D eigenvalue weighted by molar-refractivity contribution is 5.76. The normalized spacial score (nSPS) is 28.0. The van der Waals surface area contributed by atoms with Gasteiger partial charge in [-0.2, -0.15) is 5.10 Å². The van der Waals surface area contributed by atoms with Crippen LogP contribution in [0.15, 0.2) is 12.4 Å². The van der Waals surface area contributed by atoms with Crippen LogP contribution in [0.1, 0.15) is 5.56 Å². The lowest BCUT2D eigenvalue weighted by molar-refractivity contribution is -0.136. The highest BCUT2D eigenvalue weighted by Gasteiger charge is 2.46. The molecule has 2 fully saturated rings. The number of likely N-dealkylation sites (tertiary alicyclic amines) is 1. The van der Waals surface area contributed by atoms with Crippen molar-refractivity contribution in [3.63, 3.8) is 0 Å². The van der Waals surface area contributed by atoms with E-state index < -0.39 is 0 Å². The van der Waals surface area contributed by atoms with Crippen LogP contribution in [0.5, 0.6) is 0 Å². The van der Waals surface area contributed by atoms with Crippen LogP contribution in [0, 0.1) is 5.92 Å². The molecule has 1 aromatic heterocycles. The molecule has 0 aromatic carbocycles. The van der Waals surface area contributed by atoms with Gasteiger partial charge in [0.25, 0.3) is 0 Å². The Balaban J connectivity index is 1.60. The van der Waals surface area contributed by atoms with Gasteiger partial charge in [0.15, 0.2) is 0 Å². The first-order valence-electron chi connectivity index (χ1n) is 7.65. The fourth-order valence-electron chi connectivity index (χ4n) is 3.25. The van der Waals surface area contributed by atoms with E-state index in [2.05, 4.69) is 10.00 Å². The van der Waals surface area contributed by atoms with E-state index in [1.165, 1.54) is 5.56 Å². The Hall–Kier alpha value is -1.44. The maximum atomic E-state index is 11.7. The first-order chi connectivity index (χ1) is 10.5. The number of aryl methyl sites for hydroxylation is 1. The summed E-state index contributed by atoms with van der Waals surface area (Å²) in [6.07, 6.45) is 4.00. The molecule has 3 heterocycles. The molecule has 0 unspecified atom stereocenters. The van der Waals surface area contributed by atoms with Crippen LogP contribution in [-0.4, -0.2) is 78.1 Å². The van der Waals surface area contributed by atoms with Gasteiger partial charge in [-0.25, -0.2) is 0 Å². The molecular formula is C15H24N4O3. The molecule has 2 saturated heterocycles. The van der Waals surface area contributed by atoms with Gasteiger partial charge >= 0.3 is 0 Å². The maximum Gasteiger partial charge on any atom is 0.248 e. The summed E-state index contributed by atoms with van der Waals surface area (Å²) in [6.45, 7) is 3.29. The summed E-state index contributed by atoms with van der Waals surface area (Å²) in [5.74, 6) is 0.354. The van der Waals surface area contributed by atoms with Gasteiger partial charge in [-0.05, 0) is 0 Å². The topological polar surface area (TPSA) is 59.8 Å². The quantitative estimate of drug-likeness (QED) is 0.749. The zero-order chi connectivity index (χ0) is 15.7. The molecule has 3 atom stereocenters. The molecule has 0 aliphatic carbocycles. The molecule has 0 spiro atoms. The molecule has 122 valence electrons. The lowest BCUT2D eigenvalue weighted by atomic mass is 10.0. The number of hydrogen-bond donors (Lipinski definition) is 0. The van der Waals surface area contributed by atoms with Gasteiger partial charge in [-0.15, -0.1) is 0 Å². The number of ether oxygens (including phenoxy) is 2. The molecule has 1 aromatic rings. The second-order valence-electron chi connectivity index (χ2n) is 6.36. The van der Waals surface area contributed by atoms with Crippen LogP contribution in [0.25, 0.3) is 0 Å². The minimum absolute atomic E-state index is 0.00109. The smallest absolute Gasteiger partial charge is 0.248 e. The standard InChI is InChI=1S/C15H24N4O3/c1-17(2)15(20)10-22-14-7-19(13-9-21-8-12(13)14)6-11-4-16-18(3)5-11/h4-5,12-14H,6-10H2,1-3H3/t12-,13+,14-/m1/s1. The molecule has 7 heteroatoms. The summed E-state index contributed by atoms with van der Waals surface area (Å²) in [7, 11) is 5.42. The Morgan fingerprint density at radius 1 is 1.50 bits per heavy atom. The Kier molecular flexibility index (Phi) is 4.46. The van der Waals surface area contributed by atoms with Gasteiger partial charge in [-0.1, -0.05) is 0 Å². The molecular weight excluding hydrogens is 284 g/mol. The van der Waals surface area contributed by atoms with Gasteiger partial charge in [0.05, 0.1) is 25.5 Å². The van der Waals surface area contributed by atoms with Crippen molar-refractivity contribution in [3.05, 3.63) is 18.0 Å². The molecule has 7 nitrogen and oxygen atoms in total. The average Bonchev–Trinajstić information content (AvgIpc) is 3.15. The predicted octanol–water partition coefficient (Wildman–Crippen LogP) is -0.276. The summed E-state index contributed by atoms with van der Waals surface area (Å²) in [6, 6.07) is 0.375. The molecule has 0 N–H and O–H groups in total. The van der Waals surface area contributed by atoms with Crippen LogP contribution in [-0.2, 0) is 27.9 Å². The van der Waals surface area contributed by atoms with Gasteiger partial charge in [-0.3, -0.25) is 14.4 Å². The number of likely N-dealkylation sites (N-methyl/N-ethyl adjacent to an activating group) is 1. The Morgan fingerprint density at radius 2 is 2.32 bits per heavy atom. The zero-order valence-electron chi connectivity index (χ0n) is 13.4. The van der Waals surface area contributed by atoms with Crippen LogP contribution < -0.4 is 0 Å². The SMILES string of the molecule is CN(C)C(=O)CO[C@@H]1CN(Cc2cnn(C)c2)[C@H]2COC[C@@H]12. The van der Waals surface area contributed by atoms with Crippen LogP contribution in [0.2, 0.25) is 0 Å². The number of carbonyl (C=O) groups is 1. The average molecular weight is 308 g/mol. The predicted molar refractivity (Wildman–Crippen MR) is 80.1 cm³/mol. The number of carbonyl (C=O) groups excluding carboxylic acids is 1. The lowest BCUT2D eigenvalue weighted by Gasteiger charge is -2.21. The van der Waals surface area contributed by atoms with Gasteiger partial charge in [0, 0.05) is 58.0 Å². The van der Waals surface area contributed by atoms with E-state index >= 15 is 0 Å². The van der Waals surface area contributed by atoms with Gasteiger partial charge in [0.2, 0.25) is 5.91 Å². The van der Waals surface area contributed by atoms with Crippen LogP contribution in [0.3, 0.4) is 0 Å². The minimum Gasteiger partial charge on any atom is -0.379 e. The van der Waals surface area contributed by atoms with E-state index in [1.807, 2.05) is 24.1 Å². The van der Waals surface area contributed by atoms with Gasteiger partial charge < -0.3 is 14.4 Å². The molecule has 3 rings (SSSR count). The molecule has 2 aliphatic rings. The number of amides is 1. The number of nitrogens with zero attached hydrogens (tertiary/aromatic N) is 4. The first kappa shape index (κ1) is 15.5. The van der Waals surface area contributed by atoms with Crippen molar-refractivity contribution < 1.29 is 14.3 Å². The summed E-state index contributed by atoms with van der Waals surface area (Å²) in [5, 5.41) is 4.22. The summed E-state index contributed by atoms with van der Waals surface area (Å²) in [5.41, 5.74) is 1.19. The van der Waals surface area contributed by atoms with E-state index in [9.17, 15) is 4.79 Å². The summed E-state index contributed by atoms with van der Waals surface area (Å²) >= 11 is 0. The number of rotatable bonds is 5. The second kappa shape index (κ2) is 6.36. The minimum atomic E-state index is 0.00109. The van der Waals surface area contributed by atoms with Crippen LogP contribution >= 0.6 is 0 Å². The highest BCUT2D eigenvalue weighted by atomic mass is 16.5. The monoisotopic (exact) mass is 308 g/mol.